The fraction of sp³-hybridized carbons (Fsp3) is 0.723. The molecule has 0 radical (unpaired) electrons. The zero-order valence-corrected chi connectivity index (χ0v) is 43.8. The molecule has 0 aromatic rings. The number of nitrogens with one attached hydrogen (secondary N) is 8. The molecule has 1 fully saturated rings. The summed E-state index contributed by atoms with van der Waals surface area (Å²) in [5.74, 6) is -15.2. The lowest BCUT2D eigenvalue weighted by Crippen LogP contribution is -2.60. The number of carboxylic acid groups (broad SMARTS) is 4. The molecule has 1 heterocycles. The highest BCUT2D eigenvalue weighted by Crippen LogP contribution is 2.20. The van der Waals surface area contributed by atoms with Crippen LogP contribution < -0.4 is 48.3 Å². The van der Waals surface area contributed by atoms with Crippen LogP contribution in [0.4, 0.5) is 0 Å². The number of rotatable bonds is 32. The number of hydrogen-bond acceptors (Lipinski definition) is 14. The number of carbonyl (C=O) groups is 13. The maximum absolute atomic E-state index is 13.9. The lowest BCUT2D eigenvalue weighted by molar-refractivity contribution is -0.147. The number of nitrogens with zero attached hydrogens (tertiary/aromatic N) is 1. The van der Waals surface area contributed by atoms with Crippen LogP contribution in [0, 0.1) is 23.7 Å². The SMILES string of the molecule is CC(C)C[C@H](NC(=O)[C@H](C)NC(=O)[C@@H](N)CC(C)C)C(=O)N[C@@H](CC(C)C)C(=O)N[C@@H](C)C(=O)N1CCC[C@H]1C(=O)N[C@@H](CC(=O)O)C(=O)N[C@@H](CCC(=O)O)C(=O)N[C@H](C(=O)N[C@@H](CC(=O)O)C(=O)O)C(C)C. The van der Waals surface area contributed by atoms with E-state index in [1.54, 1.807) is 13.8 Å². The number of amides is 9. The topological polar surface area (TPSA) is 428 Å². The Morgan fingerprint density at radius 3 is 1.42 bits per heavy atom. The van der Waals surface area contributed by atoms with Gasteiger partial charge in [-0.1, -0.05) is 55.4 Å². The van der Waals surface area contributed by atoms with Crippen LogP contribution in [-0.4, -0.2) is 169 Å². The van der Waals surface area contributed by atoms with E-state index in [0.29, 0.717) is 6.42 Å². The lowest BCUT2D eigenvalue weighted by atomic mass is 9.99. The van der Waals surface area contributed by atoms with E-state index in [-0.39, 0.29) is 50.0 Å². The van der Waals surface area contributed by atoms with Crippen LogP contribution in [0.25, 0.3) is 0 Å². The molecule has 27 heteroatoms. The molecular weight excluding hydrogens is 977 g/mol. The van der Waals surface area contributed by atoms with Crippen molar-refractivity contribution < 1.29 is 82.8 Å². The largest absolute Gasteiger partial charge is 0.481 e. The van der Waals surface area contributed by atoms with Gasteiger partial charge in [0.2, 0.25) is 53.2 Å². The molecule has 10 atom stereocenters. The van der Waals surface area contributed by atoms with Gasteiger partial charge in [-0.2, -0.15) is 0 Å². The molecule has 0 saturated carbocycles. The maximum Gasteiger partial charge on any atom is 0.326 e. The Bertz CT molecular complexity index is 2050. The van der Waals surface area contributed by atoms with Gasteiger partial charge in [-0.05, 0) is 76.0 Å². The van der Waals surface area contributed by atoms with Crippen molar-refractivity contribution in [3.63, 3.8) is 0 Å². The third-order valence-corrected chi connectivity index (χ3v) is 11.6. The van der Waals surface area contributed by atoms with Crippen LogP contribution in [0.5, 0.6) is 0 Å². The molecule has 14 N–H and O–H groups in total. The molecule has 1 rings (SSSR count). The molecule has 1 aliphatic heterocycles. The van der Waals surface area contributed by atoms with Crippen molar-refractivity contribution in [2.45, 2.75) is 187 Å². The van der Waals surface area contributed by atoms with Crippen molar-refractivity contribution in [1.29, 1.82) is 0 Å². The van der Waals surface area contributed by atoms with Crippen LogP contribution in [0.3, 0.4) is 0 Å². The average Bonchev–Trinajstić information content (AvgIpc) is 3.77. The Balaban J connectivity index is 3.27. The zero-order valence-electron chi connectivity index (χ0n) is 43.8. The van der Waals surface area contributed by atoms with E-state index < -0.39 is 169 Å². The van der Waals surface area contributed by atoms with Gasteiger partial charge in [-0.15, -0.1) is 0 Å². The number of aliphatic carboxylic acids is 4. The van der Waals surface area contributed by atoms with Gasteiger partial charge in [-0.25, -0.2) is 4.79 Å². The van der Waals surface area contributed by atoms with Crippen LogP contribution in [0.2, 0.25) is 0 Å². The molecule has 0 aromatic heterocycles. The molecule has 0 aromatic carbocycles. The standard InChI is InChI=1S/C47H78N10O17/c1-21(2)16-27(48)39(65)49-25(9)38(64)52-30(18-23(5)6)42(68)53-29(17-22(3)4)41(67)50-26(10)46(72)57-15-11-12-33(57)44(70)54-31(19-35(60)61)43(69)51-28(13-14-34(58)59)40(66)56-37(24(7)8)45(71)55-32(47(73)74)20-36(62)63/h21-33,37H,11-20,48H2,1-10H3,(H,49,65)(H,50,67)(H,51,69)(H,52,64)(H,53,68)(H,54,70)(H,55,71)(H,56,66)(H,58,59)(H,60,61)(H,62,63)(H,73,74)/t25-,26-,27-,28-,29-,30-,31-,32-,33-,37-/m0/s1. The number of nitrogens with two attached hydrogens (primary N) is 1. The van der Waals surface area contributed by atoms with Gasteiger partial charge >= 0.3 is 23.9 Å². The van der Waals surface area contributed by atoms with Crippen molar-refractivity contribution >= 4 is 77.0 Å². The molecule has 0 spiro atoms. The average molecular weight is 1060 g/mol. The Hall–Kier alpha value is -6.93. The van der Waals surface area contributed by atoms with Crippen LogP contribution in [0.1, 0.15) is 127 Å². The highest BCUT2D eigenvalue weighted by Gasteiger charge is 2.40. The summed E-state index contributed by atoms with van der Waals surface area (Å²) in [6.07, 6.45) is -2.53. The first-order valence-electron chi connectivity index (χ1n) is 24.6. The van der Waals surface area contributed by atoms with Gasteiger partial charge in [-0.3, -0.25) is 57.5 Å². The predicted octanol–water partition coefficient (Wildman–Crippen LogP) is -2.08. The predicted molar refractivity (Wildman–Crippen MR) is 262 cm³/mol. The monoisotopic (exact) mass is 1050 g/mol. The molecule has 1 saturated heterocycles. The number of likely N-dealkylation sites (tertiary alicyclic amines) is 1. The summed E-state index contributed by atoms with van der Waals surface area (Å²) in [4.78, 5) is 169. The van der Waals surface area contributed by atoms with Gasteiger partial charge in [0.25, 0.3) is 0 Å². The van der Waals surface area contributed by atoms with E-state index in [1.165, 1.54) is 27.7 Å². The summed E-state index contributed by atoms with van der Waals surface area (Å²) in [5.41, 5.74) is 5.96. The second-order valence-electron chi connectivity index (χ2n) is 20.1. The van der Waals surface area contributed by atoms with E-state index in [1.807, 2.05) is 33.0 Å². The summed E-state index contributed by atoms with van der Waals surface area (Å²) < 4.78 is 0. The first-order chi connectivity index (χ1) is 34.2. The summed E-state index contributed by atoms with van der Waals surface area (Å²) in [7, 11) is 0. The summed E-state index contributed by atoms with van der Waals surface area (Å²) in [6.45, 7) is 16.6. The van der Waals surface area contributed by atoms with E-state index >= 15 is 0 Å². The summed E-state index contributed by atoms with van der Waals surface area (Å²) >= 11 is 0. The first-order valence-corrected chi connectivity index (χ1v) is 24.6. The lowest BCUT2D eigenvalue weighted by Gasteiger charge is -2.30. The molecule has 0 unspecified atom stereocenters. The minimum absolute atomic E-state index is 0.0102. The van der Waals surface area contributed by atoms with Gasteiger partial charge in [0, 0.05) is 13.0 Å². The smallest absolute Gasteiger partial charge is 0.326 e. The third-order valence-electron chi connectivity index (χ3n) is 11.6. The Morgan fingerprint density at radius 1 is 0.486 bits per heavy atom. The fourth-order valence-corrected chi connectivity index (χ4v) is 7.79. The highest BCUT2D eigenvalue weighted by molar-refractivity contribution is 5.99. The maximum atomic E-state index is 13.9. The highest BCUT2D eigenvalue weighted by atomic mass is 16.4. The van der Waals surface area contributed by atoms with Crippen molar-refractivity contribution in [3.8, 4) is 0 Å². The Morgan fingerprint density at radius 2 is 0.932 bits per heavy atom. The van der Waals surface area contributed by atoms with Gasteiger partial charge in [0.15, 0.2) is 0 Å². The first kappa shape index (κ1) is 65.1. The van der Waals surface area contributed by atoms with E-state index in [9.17, 15) is 77.6 Å². The van der Waals surface area contributed by atoms with Crippen molar-refractivity contribution in [2.24, 2.45) is 29.4 Å². The van der Waals surface area contributed by atoms with Crippen molar-refractivity contribution in [3.05, 3.63) is 0 Å². The molecule has 27 nitrogen and oxygen atoms in total. The number of carboxylic acids is 4. The molecule has 1 aliphatic rings. The zero-order chi connectivity index (χ0) is 56.9. The molecule has 9 amide bonds. The second kappa shape index (κ2) is 31.0. The second-order valence-corrected chi connectivity index (χ2v) is 20.1. The molecule has 0 bridgehead atoms. The van der Waals surface area contributed by atoms with E-state index in [4.69, 9.17) is 10.8 Å². The molecular formula is C47H78N10O17. The Labute approximate surface area is 429 Å². The normalized spacial score (nSPS) is 17.0. The van der Waals surface area contributed by atoms with Crippen molar-refractivity contribution in [2.75, 3.05) is 6.54 Å². The minimum atomic E-state index is -1.92. The van der Waals surface area contributed by atoms with E-state index in [2.05, 4.69) is 37.2 Å². The quantitative estimate of drug-likeness (QED) is 0.0344. The van der Waals surface area contributed by atoms with Crippen LogP contribution >= 0.6 is 0 Å². The summed E-state index contributed by atoms with van der Waals surface area (Å²) in [6, 6.07) is -14.0. The number of hydrogen-bond donors (Lipinski definition) is 13. The summed E-state index contributed by atoms with van der Waals surface area (Å²) in [5, 5.41) is 56.8. The van der Waals surface area contributed by atoms with Crippen molar-refractivity contribution in [1.82, 2.24) is 47.4 Å². The van der Waals surface area contributed by atoms with E-state index in [0.717, 1.165) is 4.90 Å². The molecule has 74 heavy (non-hydrogen) atoms. The minimum Gasteiger partial charge on any atom is -0.481 e. The third kappa shape index (κ3) is 22.9. The van der Waals surface area contributed by atoms with Gasteiger partial charge in [0.1, 0.15) is 54.4 Å². The molecule has 0 aliphatic carbocycles. The van der Waals surface area contributed by atoms with Gasteiger partial charge < -0.3 is 73.6 Å². The van der Waals surface area contributed by atoms with Gasteiger partial charge in [0.05, 0.1) is 18.9 Å². The van der Waals surface area contributed by atoms with Crippen LogP contribution in [-0.2, 0) is 62.3 Å². The Kier molecular flexibility index (Phi) is 27.2. The number of carbonyl (C=O) groups excluding carboxylic acids is 9. The molecule has 418 valence electrons. The fourth-order valence-electron chi connectivity index (χ4n) is 7.79. The van der Waals surface area contributed by atoms with Crippen LogP contribution in [0.15, 0.2) is 0 Å².